The minimum atomic E-state index is 0.271. The van der Waals surface area contributed by atoms with E-state index in [9.17, 15) is 4.79 Å². The first-order valence-electron chi connectivity index (χ1n) is 3.45. The number of hydrogen-bond donors (Lipinski definition) is 0. The number of rotatable bonds is 5. The predicted octanol–water partition coefficient (Wildman–Crippen LogP) is 1.00. The van der Waals surface area contributed by atoms with Gasteiger partial charge in [-0.15, -0.1) is 0 Å². The van der Waals surface area contributed by atoms with Gasteiger partial charge in [0, 0.05) is 6.61 Å². The standard InChI is InChI=1S/C7H12O2/c8-4-6-9-5-3-7-1-2-7/h4,7H,1-3,5-6H2. The van der Waals surface area contributed by atoms with Gasteiger partial charge in [0.15, 0.2) is 0 Å². The predicted molar refractivity (Wildman–Crippen MR) is 34.2 cm³/mol. The summed E-state index contributed by atoms with van der Waals surface area (Å²) in [6.45, 7) is 1.04. The summed E-state index contributed by atoms with van der Waals surface area (Å²) in [5.41, 5.74) is 0. The van der Waals surface area contributed by atoms with Gasteiger partial charge in [-0.25, -0.2) is 0 Å². The molecule has 52 valence electrons. The summed E-state index contributed by atoms with van der Waals surface area (Å²) in [6, 6.07) is 0. The highest BCUT2D eigenvalue weighted by atomic mass is 16.5. The Morgan fingerprint density at radius 2 is 2.33 bits per heavy atom. The molecular weight excluding hydrogens is 116 g/mol. The Kier molecular flexibility index (Phi) is 2.71. The zero-order chi connectivity index (χ0) is 6.53. The number of ether oxygens (including phenoxy) is 1. The summed E-state index contributed by atoms with van der Waals surface area (Å²) in [5, 5.41) is 0. The van der Waals surface area contributed by atoms with Gasteiger partial charge in [0.05, 0.1) is 0 Å². The van der Waals surface area contributed by atoms with Gasteiger partial charge in [-0.05, 0) is 12.3 Å². The van der Waals surface area contributed by atoms with Crippen LogP contribution in [0, 0.1) is 5.92 Å². The lowest BCUT2D eigenvalue weighted by molar-refractivity contribution is -0.111. The molecule has 1 saturated carbocycles. The first kappa shape index (κ1) is 6.75. The fraction of sp³-hybridized carbons (Fsp3) is 0.857. The van der Waals surface area contributed by atoms with E-state index in [2.05, 4.69) is 0 Å². The summed E-state index contributed by atoms with van der Waals surface area (Å²) in [6.07, 6.45) is 4.68. The Morgan fingerprint density at radius 3 is 2.89 bits per heavy atom. The van der Waals surface area contributed by atoms with Gasteiger partial charge in [0.1, 0.15) is 12.9 Å². The smallest absolute Gasteiger partial charge is 0.145 e. The van der Waals surface area contributed by atoms with Crippen LogP contribution in [0.3, 0.4) is 0 Å². The Labute approximate surface area is 55.2 Å². The van der Waals surface area contributed by atoms with E-state index in [1.165, 1.54) is 12.8 Å². The molecule has 2 heteroatoms. The Morgan fingerprint density at radius 1 is 1.56 bits per heavy atom. The molecular formula is C7H12O2. The molecule has 0 radical (unpaired) electrons. The molecule has 0 heterocycles. The zero-order valence-corrected chi connectivity index (χ0v) is 5.51. The van der Waals surface area contributed by atoms with E-state index in [4.69, 9.17) is 4.74 Å². The minimum absolute atomic E-state index is 0.271. The second-order valence-corrected chi connectivity index (χ2v) is 2.47. The summed E-state index contributed by atoms with van der Waals surface area (Å²) in [4.78, 5) is 9.74. The van der Waals surface area contributed by atoms with Crippen LogP contribution in [-0.2, 0) is 9.53 Å². The third-order valence-electron chi connectivity index (χ3n) is 1.55. The number of carbonyl (C=O) groups excluding carboxylic acids is 1. The van der Waals surface area contributed by atoms with Crippen LogP contribution in [0.25, 0.3) is 0 Å². The van der Waals surface area contributed by atoms with Gasteiger partial charge in [-0.1, -0.05) is 12.8 Å². The maximum absolute atomic E-state index is 9.74. The lowest BCUT2D eigenvalue weighted by atomic mass is 10.3. The number of aldehydes is 1. The third kappa shape index (κ3) is 3.25. The summed E-state index contributed by atoms with van der Waals surface area (Å²) >= 11 is 0. The van der Waals surface area contributed by atoms with Gasteiger partial charge in [0.2, 0.25) is 0 Å². The van der Waals surface area contributed by atoms with Crippen LogP contribution in [0.4, 0.5) is 0 Å². The molecule has 0 unspecified atom stereocenters. The van der Waals surface area contributed by atoms with Crippen molar-refractivity contribution in [1.29, 1.82) is 0 Å². The molecule has 0 saturated heterocycles. The summed E-state index contributed by atoms with van der Waals surface area (Å²) < 4.78 is 4.97. The molecule has 1 rings (SSSR count). The average Bonchev–Trinajstić information content (AvgIpc) is 2.63. The molecule has 0 aromatic rings. The van der Waals surface area contributed by atoms with Crippen molar-refractivity contribution < 1.29 is 9.53 Å². The highest BCUT2D eigenvalue weighted by Gasteiger charge is 2.20. The van der Waals surface area contributed by atoms with E-state index in [1.54, 1.807) is 0 Å². The van der Waals surface area contributed by atoms with Crippen LogP contribution in [0.5, 0.6) is 0 Å². The van der Waals surface area contributed by atoms with Gasteiger partial charge in [-0.2, -0.15) is 0 Å². The van der Waals surface area contributed by atoms with E-state index in [-0.39, 0.29) is 6.61 Å². The van der Waals surface area contributed by atoms with E-state index in [0.717, 1.165) is 25.2 Å². The lowest BCUT2D eigenvalue weighted by Gasteiger charge is -1.95. The summed E-state index contributed by atoms with van der Waals surface area (Å²) in [5.74, 6) is 0.914. The van der Waals surface area contributed by atoms with Crippen LogP contribution in [0.1, 0.15) is 19.3 Å². The molecule has 0 spiro atoms. The van der Waals surface area contributed by atoms with E-state index in [1.807, 2.05) is 0 Å². The van der Waals surface area contributed by atoms with Crippen molar-refractivity contribution in [3.05, 3.63) is 0 Å². The molecule has 2 nitrogen and oxygen atoms in total. The maximum atomic E-state index is 9.74. The first-order chi connectivity index (χ1) is 4.43. The molecule has 0 atom stereocenters. The molecule has 0 aromatic carbocycles. The van der Waals surface area contributed by atoms with Crippen molar-refractivity contribution in [2.45, 2.75) is 19.3 Å². The fourth-order valence-electron chi connectivity index (χ4n) is 0.788. The third-order valence-corrected chi connectivity index (χ3v) is 1.55. The van der Waals surface area contributed by atoms with Gasteiger partial charge in [-0.3, -0.25) is 0 Å². The zero-order valence-electron chi connectivity index (χ0n) is 5.51. The number of hydrogen-bond acceptors (Lipinski definition) is 2. The minimum Gasteiger partial charge on any atom is -0.374 e. The molecule has 0 bridgehead atoms. The average molecular weight is 128 g/mol. The Balaban J connectivity index is 1.75. The van der Waals surface area contributed by atoms with Crippen molar-refractivity contribution in [3.63, 3.8) is 0 Å². The second kappa shape index (κ2) is 3.62. The van der Waals surface area contributed by atoms with Gasteiger partial charge < -0.3 is 9.53 Å². The van der Waals surface area contributed by atoms with Crippen molar-refractivity contribution in [2.24, 2.45) is 5.92 Å². The molecule has 0 N–H and O–H groups in total. The Bertz CT molecular complexity index is 86.9. The van der Waals surface area contributed by atoms with Crippen molar-refractivity contribution in [3.8, 4) is 0 Å². The van der Waals surface area contributed by atoms with Crippen LogP contribution >= 0.6 is 0 Å². The van der Waals surface area contributed by atoms with Crippen LogP contribution in [0.15, 0.2) is 0 Å². The molecule has 1 aliphatic carbocycles. The topological polar surface area (TPSA) is 26.3 Å². The summed E-state index contributed by atoms with van der Waals surface area (Å²) in [7, 11) is 0. The van der Waals surface area contributed by atoms with Crippen LogP contribution < -0.4 is 0 Å². The van der Waals surface area contributed by atoms with Gasteiger partial charge in [0.25, 0.3) is 0 Å². The molecule has 1 aliphatic rings. The molecule has 0 aliphatic heterocycles. The SMILES string of the molecule is O=CCOCCC1CC1. The van der Waals surface area contributed by atoms with Crippen molar-refractivity contribution in [2.75, 3.05) is 13.2 Å². The normalized spacial score (nSPS) is 17.8. The lowest BCUT2D eigenvalue weighted by Crippen LogP contribution is -1.97. The highest BCUT2D eigenvalue weighted by molar-refractivity contribution is 5.50. The van der Waals surface area contributed by atoms with Crippen LogP contribution in [-0.4, -0.2) is 19.5 Å². The monoisotopic (exact) mass is 128 g/mol. The fourth-order valence-corrected chi connectivity index (χ4v) is 0.788. The van der Waals surface area contributed by atoms with Gasteiger partial charge >= 0.3 is 0 Å². The van der Waals surface area contributed by atoms with Crippen LogP contribution in [0.2, 0.25) is 0 Å². The maximum Gasteiger partial charge on any atom is 0.145 e. The van der Waals surface area contributed by atoms with Crippen molar-refractivity contribution in [1.82, 2.24) is 0 Å². The largest absolute Gasteiger partial charge is 0.374 e. The van der Waals surface area contributed by atoms with Crippen molar-refractivity contribution >= 4 is 6.29 Å². The molecule has 9 heavy (non-hydrogen) atoms. The second-order valence-electron chi connectivity index (χ2n) is 2.47. The van der Waals surface area contributed by atoms with E-state index < -0.39 is 0 Å². The molecule has 1 fully saturated rings. The van der Waals surface area contributed by atoms with E-state index in [0.29, 0.717) is 0 Å². The highest BCUT2D eigenvalue weighted by Crippen LogP contribution is 2.31. The Hall–Kier alpha value is -0.370. The number of carbonyl (C=O) groups is 1. The molecule has 0 amide bonds. The van der Waals surface area contributed by atoms with E-state index >= 15 is 0 Å². The molecule has 0 aromatic heterocycles. The quantitative estimate of drug-likeness (QED) is 0.408. The first-order valence-corrected chi connectivity index (χ1v) is 3.45.